The fourth-order valence-corrected chi connectivity index (χ4v) is 13.0. The number of methoxy groups -OCH3 is 1. The zero-order valence-electron chi connectivity index (χ0n) is 57.6. The van der Waals surface area contributed by atoms with Gasteiger partial charge in [-0.05, 0) is 48.6 Å². The number of carbonyl (C=O) groups excluding carboxylic acids is 4. The second-order valence-electron chi connectivity index (χ2n) is 25.5. The monoisotopic (exact) mass is 1410 g/mol. The van der Waals surface area contributed by atoms with Crippen molar-refractivity contribution >= 4 is 23.8 Å². The molecule has 5 aromatic carbocycles. The van der Waals surface area contributed by atoms with Crippen molar-refractivity contribution in [1.29, 1.82) is 0 Å². The van der Waals surface area contributed by atoms with Gasteiger partial charge in [-0.1, -0.05) is 152 Å². The maximum absolute atomic E-state index is 13.4. The lowest BCUT2D eigenvalue weighted by Gasteiger charge is -2.52. The molecule has 5 heterocycles. The number of hydrogen-bond donors (Lipinski definition) is 5. The van der Waals surface area contributed by atoms with Crippen molar-refractivity contribution < 1.29 is 125 Å². The third kappa shape index (κ3) is 20.4. The highest BCUT2D eigenvalue weighted by molar-refractivity contribution is 5.73. The standard InChI is InChI=1S/C74H93NO26/c1-41-56(81)58(83)63(99-70-55(75-44(4)77)62(57(82)53(34-76)96-70)98-74-69(95-47(7)80)66(94-46(6)79)60(43(3)92-74)93-45(5)78)72(90-41)101-68-65(59(42(2)91-71(68)84-8)86-36-49-26-16-10-17-27-49)100-73-67(89-39-52-32-22-13-23-33-52)64(88-38-51-30-20-12-21-31-51)61(87-37-50-28-18-11-19-29-50)54(97-73)40-85-35-48-24-14-9-15-25-48/h9-33,41-43,53-74,76,81-83H,34-40H2,1-8H3,(H,75,77)/t41-,42-,43-,53+,54+,55+,56-,57+,58+,59-,60-,61+,62+,63+,64-,65+,66+,67+,68+,69+,70-,71+,72-,73+,74-/m0/s1. The van der Waals surface area contributed by atoms with Crippen LogP contribution in [0.15, 0.2) is 152 Å². The number of benzene rings is 5. The van der Waals surface area contributed by atoms with Gasteiger partial charge in [0.25, 0.3) is 0 Å². The van der Waals surface area contributed by atoms with Crippen molar-refractivity contribution in [3.63, 3.8) is 0 Å². The first-order valence-electron chi connectivity index (χ1n) is 33.9. The third-order valence-corrected chi connectivity index (χ3v) is 17.9. The summed E-state index contributed by atoms with van der Waals surface area (Å²) in [5.74, 6) is -3.30. The zero-order chi connectivity index (χ0) is 71.7. The van der Waals surface area contributed by atoms with Crippen molar-refractivity contribution in [2.45, 2.75) is 235 Å². The van der Waals surface area contributed by atoms with Gasteiger partial charge >= 0.3 is 17.9 Å². The molecule has 0 spiro atoms. The Kier molecular flexibility index (Phi) is 28.2. The third-order valence-electron chi connectivity index (χ3n) is 17.9. The summed E-state index contributed by atoms with van der Waals surface area (Å²) in [6.07, 6.45) is -34.5. The molecule has 27 heteroatoms. The second-order valence-corrected chi connectivity index (χ2v) is 25.5. The number of esters is 3. The Morgan fingerprint density at radius 3 is 1.28 bits per heavy atom. The van der Waals surface area contributed by atoms with Gasteiger partial charge < -0.3 is 111 Å². The lowest BCUT2D eigenvalue weighted by Crippen LogP contribution is -2.70. The lowest BCUT2D eigenvalue weighted by atomic mass is 9.94. The molecule has 5 fully saturated rings. The van der Waals surface area contributed by atoms with Crippen LogP contribution in [0.3, 0.4) is 0 Å². The van der Waals surface area contributed by atoms with E-state index in [0.29, 0.717) is 0 Å². The number of aliphatic hydroxyl groups excluding tert-OH is 4. The Hall–Kier alpha value is -6.78. The first kappa shape index (κ1) is 76.8. The van der Waals surface area contributed by atoms with Crippen LogP contribution in [-0.4, -0.2) is 218 Å². The topological polar surface area (TPSA) is 327 Å². The van der Waals surface area contributed by atoms with Gasteiger partial charge in [-0.3, -0.25) is 19.2 Å². The average molecular weight is 1410 g/mol. The van der Waals surface area contributed by atoms with Crippen LogP contribution < -0.4 is 5.32 Å². The van der Waals surface area contributed by atoms with Gasteiger partial charge in [-0.15, -0.1) is 0 Å². The second kappa shape index (κ2) is 37.1. The number of rotatable bonds is 30. The largest absolute Gasteiger partial charge is 0.456 e. The summed E-state index contributed by atoms with van der Waals surface area (Å²) >= 11 is 0. The van der Waals surface area contributed by atoms with Crippen molar-refractivity contribution in [1.82, 2.24) is 5.32 Å². The van der Waals surface area contributed by atoms with Crippen LogP contribution >= 0.6 is 0 Å². The van der Waals surface area contributed by atoms with Crippen molar-refractivity contribution in [2.24, 2.45) is 0 Å². The van der Waals surface area contributed by atoms with Crippen LogP contribution in [0.25, 0.3) is 0 Å². The molecule has 5 aliphatic heterocycles. The highest BCUT2D eigenvalue weighted by Gasteiger charge is 2.59. The molecule has 5 saturated heterocycles. The van der Waals surface area contributed by atoms with Crippen LogP contribution in [0.2, 0.25) is 0 Å². The van der Waals surface area contributed by atoms with Gasteiger partial charge in [0.15, 0.2) is 49.8 Å². The van der Waals surface area contributed by atoms with E-state index in [0.717, 1.165) is 55.5 Å². The number of carbonyl (C=O) groups is 4. The minimum Gasteiger partial charge on any atom is -0.456 e. The molecule has 10 rings (SSSR count). The van der Waals surface area contributed by atoms with Gasteiger partial charge in [-0.2, -0.15) is 0 Å². The Morgan fingerprint density at radius 1 is 0.376 bits per heavy atom. The molecule has 0 aromatic heterocycles. The molecule has 0 radical (unpaired) electrons. The molecular weight excluding hydrogens is 1320 g/mol. The molecule has 0 aliphatic carbocycles. The van der Waals surface area contributed by atoms with Gasteiger partial charge in [0, 0.05) is 34.8 Å². The van der Waals surface area contributed by atoms with E-state index in [4.69, 9.17) is 85.3 Å². The first-order valence-corrected chi connectivity index (χ1v) is 33.9. The fourth-order valence-electron chi connectivity index (χ4n) is 13.0. The number of amides is 1. The predicted molar refractivity (Wildman–Crippen MR) is 352 cm³/mol. The van der Waals surface area contributed by atoms with E-state index < -0.39 is 184 Å². The van der Waals surface area contributed by atoms with Crippen LogP contribution in [0.1, 0.15) is 76.3 Å². The Morgan fingerprint density at radius 2 is 0.772 bits per heavy atom. The van der Waals surface area contributed by atoms with Gasteiger partial charge in [0.05, 0.1) is 64.6 Å². The highest BCUT2D eigenvalue weighted by atomic mass is 16.8. The zero-order valence-corrected chi connectivity index (χ0v) is 57.6. The Balaban J connectivity index is 1.04. The summed E-state index contributed by atoms with van der Waals surface area (Å²) < 4.78 is 118. The van der Waals surface area contributed by atoms with E-state index in [1.54, 1.807) is 6.92 Å². The molecule has 25 atom stereocenters. The number of ether oxygens (including phenoxy) is 18. The van der Waals surface area contributed by atoms with Gasteiger partial charge in [-0.25, -0.2) is 0 Å². The maximum atomic E-state index is 13.4. The molecule has 0 unspecified atom stereocenters. The van der Waals surface area contributed by atoms with E-state index in [-0.39, 0.29) is 39.6 Å². The van der Waals surface area contributed by atoms with E-state index in [9.17, 15) is 39.6 Å². The predicted octanol–water partition coefficient (Wildman–Crippen LogP) is 4.79. The smallest absolute Gasteiger partial charge is 0.303 e. The van der Waals surface area contributed by atoms with Crippen LogP contribution in [0.5, 0.6) is 0 Å². The normalized spacial score (nSPS) is 34.3. The van der Waals surface area contributed by atoms with E-state index in [1.165, 1.54) is 21.0 Å². The van der Waals surface area contributed by atoms with Crippen LogP contribution in [-0.2, 0) is 137 Å². The molecular formula is C74H93NO26. The molecule has 0 saturated carbocycles. The van der Waals surface area contributed by atoms with Crippen LogP contribution in [0, 0.1) is 0 Å². The first-order chi connectivity index (χ1) is 48.8. The summed E-state index contributed by atoms with van der Waals surface area (Å²) in [7, 11) is 1.39. The summed E-state index contributed by atoms with van der Waals surface area (Å²) in [5.41, 5.74) is 4.24. The van der Waals surface area contributed by atoms with Crippen LogP contribution in [0.4, 0.5) is 0 Å². The molecule has 1 amide bonds. The maximum Gasteiger partial charge on any atom is 0.303 e. The fraction of sp³-hybridized carbons (Fsp3) is 0.541. The minimum atomic E-state index is -1.92. The summed E-state index contributed by atoms with van der Waals surface area (Å²) in [6.45, 7) is 8.69. The average Bonchev–Trinajstić information content (AvgIpc) is 0.756. The molecule has 5 aromatic rings. The number of hydrogen-bond acceptors (Lipinski definition) is 26. The van der Waals surface area contributed by atoms with Gasteiger partial charge in [0.2, 0.25) is 5.91 Å². The number of nitrogens with one attached hydrogen (secondary N) is 1. The highest BCUT2D eigenvalue weighted by Crippen LogP contribution is 2.40. The van der Waals surface area contributed by atoms with E-state index >= 15 is 0 Å². The van der Waals surface area contributed by atoms with Crippen molar-refractivity contribution in [2.75, 3.05) is 20.3 Å². The number of aliphatic hydroxyl groups is 4. The minimum absolute atomic E-state index is 0.0267. The van der Waals surface area contributed by atoms with Crippen molar-refractivity contribution in [3.05, 3.63) is 179 Å². The SMILES string of the molecule is CO[C@@H]1O[C@@H](C)[C@H](OCc2ccccc2)[C@@H](O[C@H]2O[C@H](COCc3ccccc3)[C@@H](OCc3ccccc3)[C@H](OCc3ccccc3)[C@H]2OCc2ccccc2)[C@H]1O[C@@H]1O[C@@H](C)[C@H](O)[C@@H](O)[C@H]1O[C@@H]1O[C@H](CO)[C@@H](O)[C@H](O[C@@H]2O[C@@H](C)[C@H](OC(C)=O)[C@@H](OC(C)=O)[C@H]2OC(C)=O)[C@H]1NC(C)=O. The molecule has 5 N–H and O–H groups in total. The molecule has 101 heavy (non-hydrogen) atoms. The molecule has 0 bridgehead atoms. The Labute approximate surface area is 586 Å². The van der Waals surface area contributed by atoms with E-state index in [2.05, 4.69) is 5.32 Å². The summed E-state index contributed by atoms with van der Waals surface area (Å²) in [4.78, 5) is 51.3. The molecule has 550 valence electrons. The summed E-state index contributed by atoms with van der Waals surface area (Å²) in [5, 5.41) is 49.9. The van der Waals surface area contributed by atoms with E-state index in [1.807, 2.05) is 152 Å². The molecule has 5 aliphatic rings. The molecule has 27 nitrogen and oxygen atoms in total. The van der Waals surface area contributed by atoms with Gasteiger partial charge in [0.1, 0.15) is 85.4 Å². The Bertz CT molecular complexity index is 3330. The summed E-state index contributed by atoms with van der Waals surface area (Å²) in [6, 6.07) is 46.3. The lowest BCUT2D eigenvalue weighted by molar-refractivity contribution is -0.405. The quantitative estimate of drug-likeness (QED) is 0.0305. The van der Waals surface area contributed by atoms with Crippen molar-refractivity contribution in [3.8, 4) is 0 Å².